The van der Waals surface area contributed by atoms with Gasteiger partial charge in [-0.15, -0.1) is 0 Å². The number of Topliss-reactive ketones (excluding diaryl/α,β-unsaturated/α-hetero) is 1. The van der Waals surface area contributed by atoms with Crippen LogP contribution in [0.2, 0.25) is 0 Å². The van der Waals surface area contributed by atoms with E-state index in [2.05, 4.69) is 13.8 Å². The Bertz CT molecular complexity index is 196. The smallest absolute Gasteiger partial charge is 0.134 e. The van der Waals surface area contributed by atoms with Gasteiger partial charge in [0.25, 0.3) is 0 Å². The molecule has 2 heteroatoms. The Kier molecular flexibility index (Phi) is 2.30. The molecule has 1 atom stereocenters. The molecule has 0 bridgehead atoms. The van der Waals surface area contributed by atoms with Gasteiger partial charge in [-0.3, -0.25) is 4.79 Å². The van der Waals surface area contributed by atoms with E-state index >= 15 is 0 Å². The normalized spacial score (nSPS) is 35.2. The zero-order chi connectivity index (χ0) is 9.41. The summed E-state index contributed by atoms with van der Waals surface area (Å²) in [6.07, 6.45) is 2.16. The lowest BCUT2D eigenvalue weighted by Gasteiger charge is -2.40. The molecule has 0 amide bonds. The highest BCUT2D eigenvalue weighted by molar-refractivity contribution is 5.80. The van der Waals surface area contributed by atoms with Gasteiger partial charge in [-0.1, -0.05) is 20.8 Å². The van der Waals surface area contributed by atoms with Gasteiger partial charge in [0.1, 0.15) is 5.78 Å². The molecule has 0 aromatic rings. The van der Waals surface area contributed by atoms with E-state index in [1.54, 1.807) is 0 Å². The molecular weight excluding hydrogens is 152 g/mol. The number of aliphatic hydroxyl groups is 1. The molecule has 1 unspecified atom stereocenters. The average molecular weight is 170 g/mol. The van der Waals surface area contributed by atoms with Gasteiger partial charge >= 0.3 is 0 Å². The molecule has 0 aliphatic heterocycles. The number of hydrogen-bond acceptors (Lipinski definition) is 2. The average Bonchev–Trinajstić information content (AvgIpc) is 1.82. The molecule has 0 aromatic carbocycles. The largest absolute Gasteiger partial charge is 0.396 e. The summed E-state index contributed by atoms with van der Waals surface area (Å²) in [7, 11) is 0. The van der Waals surface area contributed by atoms with E-state index in [-0.39, 0.29) is 17.4 Å². The van der Waals surface area contributed by atoms with Gasteiger partial charge in [-0.25, -0.2) is 0 Å². The van der Waals surface area contributed by atoms with E-state index in [1.807, 2.05) is 6.92 Å². The summed E-state index contributed by atoms with van der Waals surface area (Å²) in [5.41, 5.74) is -0.0916. The first-order chi connectivity index (χ1) is 5.37. The summed E-state index contributed by atoms with van der Waals surface area (Å²) in [6.45, 7) is 6.31. The highest BCUT2D eigenvalue weighted by Gasteiger charge is 2.39. The van der Waals surface area contributed by atoms with Crippen LogP contribution in [0.5, 0.6) is 0 Å². The Labute approximate surface area is 74.0 Å². The van der Waals surface area contributed by atoms with Crippen molar-refractivity contribution in [2.45, 2.75) is 40.0 Å². The molecule has 0 saturated heterocycles. The van der Waals surface area contributed by atoms with Crippen LogP contribution in [0.1, 0.15) is 40.0 Å². The molecule has 2 nitrogen and oxygen atoms in total. The van der Waals surface area contributed by atoms with Crippen molar-refractivity contribution in [1.82, 2.24) is 0 Å². The van der Waals surface area contributed by atoms with Crippen molar-refractivity contribution in [2.75, 3.05) is 6.61 Å². The topological polar surface area (TPSA) is 37.3 Å². The molecule has 1 saturated carbocycles. The van der Waals surface area contributed by atoms with Crippen LogP contribution in [0.4, 0.5) is 0 Å². The van der Waals surface area contributed by atoms with Gasteiger partial charge in [0, 0.05) is 19.4 Å². The molecule has 1 aliphatic rings. The van der Waals surface area contributed by atoms with Crippen LogP contribution in [0.15, 0.2) is 0 Å². The Hall–Kier alpha value is -0.370. The minimum absolute atomic E-state index is 0.0762. The van der Waals surface area contributed by atoms with Crippen molar-refractivity contribution in [3.63, 3.8) is 0 Å². The predicted molar refractivity (Wildman–Crippen MR) is 47.8 cm³/mol. The second kappa shape index (κ2) is 2.84. The lowest BCUT2D eigenvalue weighted by molar-refractivity contribution is -0.129. The summed E-state index contributed by atoms with van der Waals surface area (Å²) < 4.78 is 0. The number of rotatable bonds is 1. The maximum Gasteiger partial charge on any atom is 0.134 e. The zero-order valence-corrected chi connectivity index (χ0v) is 8.18. The van der Waals surface area contributed by atoms with Gasteiger partial charge in [-0.05, 0) is 17.3 Å². The fourth-order valence-electron chi connectivity index (χ4n) is 2.46. The third-order valence-electron chi connectivity index (χ3n) is 2.59. The van der Waals surface area contributed by atoms with Crippen LogP contribution in [-0.4, -0.2) is 17.5 Å². The molecule has 0 aromatic heterocycles. The minimum atomic E-state index is -0.168. The van der Waals surface area contributed by atoms with E-state index in [0.717, 1.165) is 6.42 Å². The summed E-state index contributed by atoms with van der Waals surface area (Å²) >= 11 is 0. The van der Waals surface area contributed by atoms with E-state index in [9.17, 15) is 4.79 Å². The molecule has 1 rings (SSSR count). The standard InChI is InChI=1S/C10H18O2/c1-9(2)4-8(12)5-10(3,6-9)7-11/h11H,4-7H2,1-3H3. The van der Waals surface area contributed by atoms with Crippen LogP contribution >= 0.6 is 0 Å². The summed E-state index contributed by atoms with van der Waals surface area (Å²) in [6, 6.07) is 0. The molecule has 12 heavy (non-hydrogen) atoms. The fraction of sp³-hybridized carbons (Fsp3) is 0.900. The molecule has 0 radical (unpaired) electrons. The highest BCUT2D eigenvalue weighted by atomic mass is 16.3. The fourth-order valence-corrected chi connectivity index (χ4v) is 2.46. The van der Waals surface area contributed by atoms with Gasteiger partial charge in [-0.2, -0.15) is 0 Å². The van der Waals surface area contributed by atoms with Crippen LogP contribution in [-0.2, 0) is 4.79 Å². The SMILES string of the molecule is CC1(C)CC(=O)CC(C)(CO)C1. The maximum absolute atomic E-state index is 11.3. The number of carbonyl (C=O) groups excluding carboxylic acids is 1. The molecular formula is C10H18O2. The number of ketones is 1. The maximum atomic E-state index is 11.3. The van der Waals surface area contributed by atoms with Crippen molar-refractivity contribution < 1.29 is 9.90 Å². The quantitative estimate of drug-likeness (QED) is 0.651. The predicted octanol–water partition coefficient (Wildman–Crippen LogP) is 1.76. The first kappa shape index (κ1) is 9.72. The second-order valence-electron chi connectivity index (χ2n) is 5.20. The molecule has 1 aliphatic carbocycles. The lowest BCUT2D eigenvalue weighted by Crippen LogP contribution is -2.38. The van der Waals surface area contributed by atoms with Crippen LogP contribution in [0.25, 0.3) is 0 Å². The molecule has 1 N–H and O–H groups in total. The Morgan fingerprint density at radius 2 is 1.92 bits per heavy atom. The zero-order valence-electron chi connectivity index (χ0n) is 8.18. The van der Waals surface area contributed by atoms with Crippen molar-refractivity contribution in [3.05, 3.63) is 0 Å². The Morgan fingerprint density at radius 1 is 1.33 bits per heavy atom. The molecule has 1 fully saturated rings. The van der Waals surface area contributed by atoms with Crippen molar-refractivity contribution >= 4 is 5.78 Å². The van der Waals surface area contributed by atoms with Crippen LogP contribution < -0.4 is 0 Å². The Morgan fingerprint density at radius 3 is 2.33 bits per heavy atom. The summed E-state index contributed by atoms with van der Waals surface area (Å²) in [4.78, 5) is 11.3. The second-order valence-corrected chi connectivity index (χ2v) is 5.20. The van der Waals surface area contributed by atoms with E-state index < -0.39 is 0 Å². The first-order valence-corrected chi connectivity index (χ1v) is 4.50. The number of carbonyl (C=O) groups is 1. The minimum Gasteiger partial charge on any atom is -0.396 e. The number of aliphatic hydroxyl groups excluding tert-OH is 1. The first-order valence-electron chi connectivity index (χ1n) is 4.50. The van der Waals surface area contributed by atoms with Crippen LogP contribution in [0, 0.1) is 10.8 Å². The van der Waals surface area contributed by atoms with Gasteiger partial charge in [0.05, 0.1) is 0 Å². The van der Waals surface area contributed by atoms with E-state index in [4.69, 9.17) is 5.11 Å². The molecule has 0 heterocycles. The third kappa shape index (κ3) is 2.07. The third-order valence-corrected chi connectivity index (χ3v) is 2.59. The van der Waals surface area contributed by atoms with E-state index in [1.165, 1.54) is 0 Å². The Balaban J connectivity index is 2.76. The summed E-state index contributed by atoms with van der Waals surface area (Å²) in [5, 5.41) is 9.15. The molecule has 0 spiro atoms. The van der Waals surface area contributed by atoms with Crippen molar-refractivity contribution in [3.8, 4) is 0 Å². The van der Waals surface area contributed by atoms with Crippen LogP contribution in [0.3, 0.4) is 0 Å². The van der Waals surface area contributed by atoms with Gasteiger partial charge < -0.3 is 5.11 Å². The van der Waals surface area contributed by atoms with Gasteiger partial charge in [0.2, 0.25) is 0 Å². The lowest BCUT2D eigenvalue weighted by atomic mass is 9.64. The van der Waals surface area contributed by atoms with E-state index in [0.29, 0.717) is 18.6 Å². The highest BCUT2D eigenvalue weighted by Crippen LogP contribution is 2.43. The number of hydrogen-bond donors (Lipinski definition) is 1. The monoisotopic (exact) mass is 170 g/mol. The summed E-state index contributed by atoms with van der Waals surface area (Å²) in [5.74, 6) is 0.294. The molecule has 70 valence electrons. The van der Waals surface area contributed by atoms with Crippen molar-refractivity contribution in [2.24, 2.45) is 10.8 Å². The van der Waals surface area contributed by atoms with Crippen molar-refractivity contribution in [1.29, 1.82) is 0 Å². The van der Waals surface area contributed by atoms with Gasteiger partial charge in [0.15, 0.2) is 0 Å².